The molecule has 0 heterocycles. The lowest BCUT2D eigenvalue weighted by molar-refractivity contribution is 0.307. The summed E-state index contributed by atoms with van der Waals surface area (Å²) in [5.41, 5.74) is 6.75. The molecule has 0 aliphatic carbocycles. The summed E-state index contributed by atoms with van der Waals surface area (Å²) in [4.78, 5) is 0. The molecule has 1 rings (SSSR count). The molecule has 0 radical (unpaired) electrons. The van der Waals surface area contributed by atoms with Gasteiger partial charge in [-0.25, -0.2) is 0 Å². The number of nitrogens with two attached hydrogens (primary N) is 1. The molecule has 2 N–H and O–H groups in total. The van der Waals surface area contributed by atoms with Gasteiger partial charge in [0.05, 0.1) is 17.7 Å². The van der Waals surface area contributed by atoms with E-state index in [4.69, 9.17) is 27.3 Å². The number of hydrogen-bond donors (Lipinski definition) is 1. The van der Waals surface area contributed by atoms with E-state index in [1.165, 1.54) is 0 Å². The number of nitriles is 1. The van der Waals surface area contributed by atoms with Gasteiger partial charge in [0, 0.05) is 12.5 Å². The Bertz CT molecular complexity index is 399. The van der Waals surface area contributed by atoms with Crippen LogP contribution in [0.2, 0.25) is 5.02 Å². The van der Waals surface area contributed by atoms with Gasteiger partial charge < -0.3 is 10.5 Å². The Labute approximate surface area is 107 Å². The van der Waals surface area contributed by atoms with Gasteiger partial charge in [0.25, 0.3) is 0 Å². The number of unbranched alkanes of at least 4 members (excludes halogenated alkanes) is 2. The highest BCUT2D eigenvalue weighted by atomic mass is 35.5. The minimum Gasteiger partial charge on any atom is -0.492 e. The quantitative estimate of drug-likeness (QED) is 0.789. The Morgan fingerprint density at radius 1 is 1.47 bits per heavy atom. The van der Waals surface area contributed by atoms with Crippen molar-refractivity contribution in [3.8, 4) is 11.8 Å². The third-order valence-corrected chi connectivity index (χ3v) is 2.72. The second kappa shape index (κ2) is 7.16. The molecular formula is C13H17ClN2O. The number of halogens is 1. The van der Waals surface area contributed by atoms with Crippen molar-refractivity contribution < 1.29 is 4.74 Å². The fourth-order valence-corrected chi connectivity index (χ4v) is 1.65. The molecule has 0 saturated carbocycles. The summed E-state index contributed by atoms with van der Waals surface area (Å²) in [5.74, 6) is 0.674. The predicted octanol–water partition coefficient (Wildman–Crippen LogP) is 3.43. The summed E-state index contributed by atoms with van der Waals surface area (Å²) in [7, 11) is 0. The minimum atomic E-state index is -0.0304. The molecule has 1 atom stereocenters. The molecule has 4 heteroatoms. The maximum atomic E-state index is 8.39. The molecule has 17 heavy (non-hydrogen) atoms. The van der Waals surface area contributed by atoms with Crippen LogP contribution in [0.4, 0.5) is 0 Å². The van der Waals surface area contributed by atoms with Crippen molar-refractivity contribution in [2.45, 2.75) is 32.2 Å². The standard InChI is InChI=1S/C13H17ClN2O/c1-10(16)11-5-6-13(12(14)9-11)17-8-4-2-3-7-15/h5-6,9-10H,2-4,8,16H2,1H3/t10-/m1/s1. The van der Waals surface area contributed by atoms with Crippen LogP contribution in [-0.2, 0) is 0 Å². The van der Waals surface area contributed by atoms with E-state index in [2.05, 4.69) is 6.07 Å². The van der Waals surface area contributed by atoms with Crippen LogP contribution in [0.3, 0.4) is 0 Å². The number of nitrogens with zero attached hydrogens (tertiary/aromatic N) is 1. The van der Waals surface area contributed by atoms with Crippen LogP contribution in [0.1, 0.15) is 37.8 Å². The first-order chi connectivity index (χ1) is 8.15. The van der Waals surface area contributed by atoms with Gasteiger partial charge in [0.1, 0.15) is 5.75 Å². The van der Waals surface area contributed by atoms with Crippen molar-refractivity contribution >= 4 is 11.6 Å². The first-order valence-electron chi connectivity index (χ1n) is 5.70. The topological polar surface area (TPSA) is 59.0 Å². The van der Waals surface area contributed by atoms with Crippen LogP contribution < -0.4 is 10.5 Å². The molecule has 0 amide bonds. The Kier molecular flexibility index (Phi) is 5.82. The zero-order valence-electron chi connectivity index (χ0n) is 9.95. The number of rotatable bonds is 6. The van der Waals surface area contributed by atoms with E-state index in [9.17, 15) is 0 Å². The van der Waals surface area contributed by atoms with Crippen LogP contribution in [0.25, 0.3) is 0 Å². The van der Waals surface area contributed by atoms with E-state index in [-0.39, 0.29) is 6.04 Å². The molecule has 0 spiro atoms. The summed E-state index contributed by atoms with van der Waals surface area (Å²) in [6, 6.07) is 7.66. The molecule has 3 nitrogen and oxygen atoms in total. The predicted molar refractivity (Wildman–Crippen MR) is 69.0 cm³/mol. The van der Waals surface area contributed by atoms with Gasteiger partial charge >= 0.3 is 0 Å². The van der Waals surface area contributed by atoms with E-state index in [1.807, 2.05) is 25.1 Å². The van der Waals surface area contributed by atoms with E-state index in [1.54, 1.807) is 0 Å². The van der Waals surface area contributed by atoms with Crippen molar-refractivity contribution in [2.24, 2.45) is 5.73 Å². The lowest BCUT2D eigenvalue weighted by atomic mass is 10.1. The fourth-order valence-electron chi connectivity index (χ4n) is 1.41. The molecule has 0 aliphatic rings. The number of ether oxygens (including phenoxy) is 1. The molecule has 1 aromatic carbocycles. The fraction of sp³-hybridized carbons (Fsp3) is 0.462. The molecule has 0 saturated heterocycles. The van der Waals surface area contributed by atoms with Gasteiger partial charge in [-0.2, -0.15) is 5.26 Å². The van der Waals surface area contributed by atoms with Crippen molar-refractivity contribution in [1.29, 1.82) is 5.26 Å². The third-order valence-electron chi connectivity index (χ3n) is 2.42. The third kappa shape index (κ3) is 4.64. The first-order valence-corrected chi connectivity index (χ1v) is 6.07. The Balaban J connectivity index is 2.47. The summed E-state index contributed by atoms with van der Waals surface area (Å²) in [6.07, 6.45) is 2.28. The summed E-state index contributed by atoms with van der Waals surface area (Å²) in [6.45, 7) is 2.49. The summed E-state index contributed by atoms with van der Waals surface area (Å²) >= 11 is 6.08. The minimum absolute atomic E-state index is 0.0304. The van der Waals surface area contributed by atoms with E-state index >= 15 is 0 Å². The van der Waals surface area contributed by atoms with Crippen LogP contribution in [0.15, 0.2) is 18.2 Å². The molecule has 0 bridgehead atoms. The molecule has 1 aromatic rings. The highest BCUT2D eigenvalue weighted by Crippen LogP contribution is 2.27. The van der Waals surface area contributed by atoms with Crippen molar-refractivity contribution in [2.75, 3.05) is 6.61 Å². The van der Waals surface area contributed by atoms with Gasteiger partial charge in [0.15, 0.2) is 0 Å². The molecule has 0 fully saturated rings. The Morgan fingerprint density at radius 3 is 2.82 bits per heavy atom. The van der Waals surface area contributed by atoms with Gasteiger partial charge in [0.2, 0.25) is 0 Å². The van der Waals surface area contributed by atoms with Crippen molar-refractivity contribution in [3.05, 3.63) is 28.8 Å². The zero-order valence-corrected chi connectivity index (χ0v) is 10.7. The van der Waals surface area contributed by atoms with Gasteiger partial charge in [-0.1, -0.05) is 17.7 Å². The summed E-state index contributed by atoms with van der Waals surface area (Å²) < 4.78 is 5.54. The molecule has 92 valence electrons. The van der Waals surface area contributed by atoms with E-state index < -0.39 is 0 Å². The van der Waals surface area contributed by atoms with E-state index in [0.717, 1.165) is 18.4 Å². The number of hydrogen-bond acceptors (Lipinski definition) is 3. The number of benzene rings is 1. The normalized spacial score (nSPS) is 11.9. The zero-order chi connectivity index (χ0) is 12.7. The highest BCUT2D eigenvalue weighted by molar-refractivity contribution is 6.32. The van der Waals surface area contributed by atoms with Crippen LogP contribution >= 0.6 is 11.6 Å². The maximum absolute atomic E-state index is 8.39. The molecular weight excluding hydrogens is 236 g/mol. The molecule has 0 aromatic heterocycles. The average Bonchev–Trinajstić information content (AvgIpc) is 2.30. The lowest BCUT2D eigenvalue weighted by Gasteiger charge is -2.10. The van der Waals surface area contributed by atoms with Crippen molar-refractivity contribution in [3.63, 3.8) is 0 Å². The summed E-state index contributed by atoms with van der Waals surface area (Å²) in [5, 5.41) is 8.97. The van der Waals surface area contributed by atoms with Crippen LogP contribution in [0, 0.1) is 11.3 Å². The second-order valence-electron chi connectivity index (χ2n) is 3.94. The SMILES string of the molecule is C[C@@H](N)c1ccc(OCCCCC#N)c(Cl)c1. The molecule has 0 aliphatic heterocycles. The maximum Gasteiger partial charge on any atom is 0.137 e. The Hall–Kier alpha value is -1.24. The smallest absolute Gasteiger partial charge is 0.137 e. The first kappa shape index (κ1) is 13.8. The largest absolute Gasteiger partial charge is 0.492 e. The lowest BCUT2D eigenvalue weighted by Crippen LogP contribution is -2.05. The average molecular weight is 253 g/mol. The highest BCUT2D eigenvalue weighted by Gasteiger charge is 2.05. The van der Waals surface area contributed by atoms with Gasteiger partial charge in [-0.3, -0.25) is 0 Å². The van der Waals surface area contributed by atoms with Crippen LogP contribution in [0.5, 0.6) is 5.75 Å². The van der Waals surface area contributed by atoms with Crippen molar-refractivity contribution in [1.82, 2.24) is 0 Å². The van der Waals surface area contributed by atoms with Gasteiger partial charge in [-0.05, 0) is 37.5 Å². The van der Waals surface area contributed by atoms with Gasteiger partial charge in [-0.15, -0.1) is 0 Å². The van der Waals surface area contributed by atoms with Crippen LogP contribution in [-0.4, -0.2) is 6.61 Å². The second-order valence-corrected chi connectivity index (χ2v) is 4.35. The monoisotopic (exact) mass is 252 g/mol. The Morgan fingerprint density at radius 2 is 2.24 bits per heavy atom. The van der Waals surface area contributed by atoms with E-state index in [0.29, 0.717) is 23.8 Å². The molecule has 0 unspecified atom stereocenters.